The van der Waals surface area contributed by atoms with Crippen molar-refractivity contribution >= 4 is 10.9 Å². The molecule has 2 rings (SSSR count). The molecule has 0 saturated carbocycles. The van der Waals surface area contributed by atoms with Gasteiger partial charge < -0.3 is 14.2 Å². The van der Waals surface area contributed by atoms with Crippen molar-refractivity contribution in [2.45, 2.75) is 6.92 Å². The molecule has 0 aliphatic rings. The van der Waals surface area contributed by atoms with Gasteiger partial charge in [-0.3, -0.25) is 4.98 Å². The summed E-state index contributed by atoms with van der Waals surface area (Å²) in [5.41, 5.74) is 0.772. The largest absolute Gasteiger partial charge is 0.493 e. The van der Waals surface area contributed by atoms with Gasteiger partial charge in [0.1, 0.15) is 11.5 Å². The molecule has 4 nitrogen and oxygen atoms in total. The van der Waals surface area contributed by atoms with Crippen LogP contribution in [0.5, 0.6) is 17.2 Å². The number of hydrogen-bond donors (Lipinski definition) is 0. The maximum absolute atomic E-state index is 5.72. The van der Waals surface area contributed by atoms with Crippen LogP contribution in [-0.4, -0.2) is 19.2 Å². The van der Waals surface area contributed by atoms with Gasteiger partial charge in [0.05, 0.1) is 19.7 Å². The van der Waals surface area contributed by atoms with Gasteiger partial charge in [-0.05, 0) is 25.1 Å². The van der Waals surface area contributed by atoms with Gasteiger partial charge >= 0.3 is 0 Å². The number of benzene rings is 1. The van der Waals surface area contributed by atoms with Crippen molar-refractivity contribution in [1.29, 1.82) is 0 Å². The van der Waals surface area contributed by atoms with E-state index in [1.807, 2.05) is 25.1 Å². The summed E-state index contributed by atoms with van der Waals surface area (Å²) in [6.07, 6.45) is 5.36. The third-order valence-electron chi connectivity index (χ3n) is 2.80. The van der Waals surface area contributed by atoms with Crippen molar-refractivity contribution in [3.8, 4) is 17.2 Å². The highest BCUT2D eigenvalue weighted by molar-refractivity contribution is 5.88. The molecule has 0 aliphatic carbocycles. The molecule has 1 aromatic heterocycles. The molecule has 0 fully saturated rings. The predicted molar refractivity (Wildman–Crippen MR) is 79.4 cm³/mol. The summed E-state index contributed by atoms with van der Waals surface area (Å²) in [6, 6.07) is 5.46. The molecular formula is C16H17NO3. The molecule has 0 bridgehead atoms. The summed E-state index contributed by atoms with van der Waals surface area (Å²) in [5.74, 6) is 2.51. The first kappa shape index (κ1) is 13.9. The minimum Gasteiger partial charge on any atom is -0.493 e. The predicted octanol–water partition coefficient (Wildman–Crippen LogP) is 3.72. The van der Waals surface area contributed by atoms with Crippen molar-refractivity contribution in [3.63, 3.8) is 0 Å². The lowest BCUT2D eigenvalue weighted by molar-refractivity contribution is 0.355. The summed E-state index contributed by atoms with van der Waals surface area (Å²) >= 11 is 0. The fourth-order valence-corrected chi connectivity index (χ4v) is 1.90. The molecule has 2 aromatic rings. The van der Waals surface area contributed by atoms with Crippen molar-refractivity contribution in [1.82, 2.24) is 4.98 Å². The van der Waals surface area contributed by atoms with Crippen LogP contribution in [0.1, 0.15) is 6.92 Å². The van der Waals surface area contributed by atoms with Gasteiger partial charge in [0, 0.05) is 17.6 Å². The first-order valence-electron chi connectivity index (χ1n) is 6.19. The summed E-state index contributed by atoms with van der Waals surface area (Å²) in [7, 11) is 3.19. The zero-order valence-corrected chi connectivity index (χ0v) is 11.8. The standard InChI is InChI=1S/C16H17NO3/c1-5-6-11(2)20-14-7-8-17-13-10-16(19-4)15(18-3)9-12(13)14/h5-10H,2H2,1,3-4H3/b6-5-. The van der Waals surface area contributed by atoms with E-state index in [4.69, 9.17) is 14.2 Å². The van der Waals surface area contributed by atoms with E-state index in [1.165, 1.54) is 0 Å². The zero-order valence-electron chi connectivity index (χ0n) is 11.8. The normalized spacial score (nSPS) is 10.8. The fourth-order valence-electron chi connectivity index (χ4n) is 1.90. The number of hydrogen-bond acceptors (Lipinski definition) is 4. The number of methoxy groups -OCH3 is 2. The Morgan fingerprint density at radius 1 is 1.15 bits per heavy atom. The minimum absolute atomic E-state index is 0.565. The maximum Gasteiger partial charge on any atom is 0.162 e. The fraction of sp³-hybridized carbons (Fsp3) is 0.188. The molecule has 4 heteroatoms. The van der Waals surface area contributed by atoms with Crippen LogP contribution in [0.15, 0.2) is 48.9 Å². The second-order valence-corrected chi connectivity index (χ2v) is 4.10. The van der Waals surface area contributed by atoms with E-state index >= 15 is 0 Å². The van der Waals surface area contributed by atoms with Crippen LogP contribution in [0.25, 0.3) is 10.9 Å². The van der Waals surface area contributed by atoms with Crippen LogP contribution in [0, 0.1) is 0 Å². The molecule has 0 atom stereocenters. The van der Waals surface area contributed by atoms with Gasteiger partial charge in [0.2, 0.25) is 0 Å². The average Bonchev–Trinajstić information content (AvgIpc) is 2.46. The molecule has 0 radical (unpaired) electrons. The molecular weight excluding hydrogens is 254 g/mol. The van der Waals surface area contributed by atoms with E-state index in [0.29, 0.717) is 23.0 Å². The highest BCUT2D eigenvalue weighted by atomic mass is 16.5. The number of nitrogens with zero attached hydrogens (tertiary/aromatic N) is 1. The van der Waals surface area contributed by atoms with Gasteiger partial charge in [0.15, 0.2) is 11.5 Å². The minimum atomic E-state index is 0.565. The average molecular weight is 271 g/mol. The Bertz CT molecular complexity index is 662. The smallest absolute Gasteiger partial charge is 0.162 e. The lowest BCUT2D eigenvalue weighted by Crippen LogP contribution is -1.95. The Labute approximate surface area is 118 Å². The lowest BCUT2D eigenvalue weighted by Gasteiger charge is -2.12. The third-order valence-corrected chi connectivity index (χ3v) is 2.80. The Hall–Kier alpha value is -2.49. The first-order chi connectivity index (χ1) is 9.69. The Kier molecular flexibility index (Phi) is 4.25. The number of allylic oxidation sites excluding steroid dienone is 2. The number of pyridine rings is 1. The molecule has 1 heterocycles. The van der Waals surface area contributed by atoms with E-state index in [1.54, 1.807) is 32.6 Å². The van der Waals surface area contributed by atoms with Crippen molar-refractivity contribution < 1.29 is 14.2 Å². The number of aromatic nitrogens is 1. The molecule has 0 amide bonds. The van der Waals surface area contributed by atoms with Crippen molar-refractivity contribution in [3.05, 3.63) is 48.9 Å². The Morgan fingerprint density at radius 3 is 2.50 bits per heavy atom. The summed E-state index contributed by atoms with van der Waals surface area (Å²) in [6.45, 7) is 5.75. The van der Waals surface area contributed by atoms with Gasteiger partial charge in [-0.15, -0.1) is 0 Å². The highest BCUT2D eigenvalue weighted by Gasteiger charge is 2.10. The van der Waals surface area contributed by atoms with Crippen molar-refractivity contribution in [2.75, 3.05) is 14.2 Å². The Balaban J connectivity index is 2.53. The van der Waals surface area contributed by atoms with E-state index in [2.05, 4.69) is 11.6 Å². The van der Waals surface area contributed by atoms with Crippen LogP contribution in [-0.2, 0) is 0 Å². The summed E-state index contributed by atoms with van der Waals surface area (Å²) in [4.78, 5) is 4.32. The molecule has 0 aliphatic heterocycles. The van der Waals surface area contributed by atoms with Crippen LogP contribution < -0.4 is 14.2 Å². The molecule has 0 unspecified atom stereocenters. The third kappa shape index (κ3) is 2.74. The van der Waals surface area contributed by atoms with Gasteiger partial charge in [-0.2, -0.15) is 0 Å². The molecule has 0 N–H and O–H groups in total. The molecule has 20 heavy (non-hydrogen) atoms. The molecule has 104 valence electrons. The Morgan fingerprint density at radius 2 is 1.85 bits per heavy atom. The lowest BCUT2D eigenvalue weighted by atomic mass is 10.2. The van der Waals surface area contributed by atoms with Crippen LogP contribution in [0.3, 0.4) is 0 Å². The van der Waals surface area contributed by atoms with E-state index in [9.17, 15) is 0 Å². The SMILES string of the molecule is C=C(/C=C\C)Oc1ccnc2cc(OC)c(OC)cc12. The monoisotopic (exact) mass is 271 g/mol. The number of fused-ring (bicyclic) bond motifs is 1. The van der Waals surface area contributed by atoms with E-state index < -0.39 is 0 Å². The van der Waals surface area contributed by atoms with E-state index in [0.717, 1.165) is 10.9 Å². The number of rotatable bonds is 5. The summed E-state index contributed by atoms with van der Waals surface area (Å²) in [5, 5.41) is 0.843. The maximum atomic E-state index is 5.72. The topological polar surface area (TPSA) is 40.6 Å². The van der Waals surface area contributed by atoms with Crippen LogP contribution in [0.2, 0.25) is 0 Å². The van der Waals surface area contributed by atoms with Gasteiger partial charge in [-0.25, -0.2) is 0 Å². The second kappa shape index (κ2) is 6.10. The van der Waals surface area contributed by atoms with Crippen LogP contribution >= 0.6 is 0 Å². The summed E-state index contributed by atoms with van der Waals surface area (Å²) < 4.78 is 16.3. The van der Waals surface area contributed by atoms with Crippen LogP contribution in [0.4, 0.5) is 0 Å². The molecule has 0 spiro atoms. The number of ether oxygens (including phenoxy) is 3. The van der Waals surface area contributed by atoms with Gasteiger partial charge in [-0.1, -0.05) is 12.7 Å². The van der Waals surface area contributed by atoms with Gasteiger partial charge in [0.25, 0.3) is 0 Å². The second-order valence-electron chi connectivity index (χ2n) is 4.10. The van der Waals surface area contributed by atoms with Crippen molar-refractivity contribution in [2.24, 2.45) is 0 Å². The first-order valence-corrected chi connectivity index (χ1v) is 6.19. The van der Waals surface area contributed by atoms with E-state index in [-0.39, 0.29) is 0 Å². The molecule has 0 saturated heterocycles. The quantitative estimate of drug-likeness (QED) is 0.614. The zero-order chi connectivity index (χ0) is 14.5. The molecule has 1 aromatic carbocycles. The highest BCUT2D eigenvalue weighted by Crippen LogP contribution is 2.35.